The monoisotopic (exact) mass is 310 g/mol. The molecule has 0 heterocycles. The van der Waals surface area contributed by atoms with E-state index in [0.717, 1.165) is 12.8 Å². The van der Waals surface area contributed by atoms with Crippen LogP contribution < -0.4 is 11.1 Å². The Labute approximate surface area is 138 Å². The first-order chi connectivity index (χ1) is 11.2. The van der Waals surface area contributed by atoms with Crippen LogP contribution in [0, 0.1) is 6.92 Å². The first kappa shape index (κ1) is 17.2. The maximum atomic E-state index is 12.3. The molecule has 0 aromatic heterocycles. The van der Waals surface area contributed by atoms with Crippen LogP contribution in [-0.2, 0) is 4.79 Å². The average molecular weight is 310 g/mol. The topological polar surface area (TPSA) is 55.1 Å². The van der Waals surface area contributed by atoms with Gasteiger partial charge in [-0.2, -0.15) is 0 Å². The van der Waals surface area contributed by atoms with Crippen molar-refractivity contribution in [1.82, 2.24) is 5.32 Å². The Hall–Kier alpha value is -2.13. The van der Waals surface area contributed by atoms with Crippen molar-refractivity contribution in [1.29, 1.82) is 0 Å². The molecule has 0 radical (unpaired) electrons. The first-order valence-electron chi connectivity index (χ1n) is 8.29. The van der Waals surface area contributed by atoms with Crippen LogP contribution in [0.2, 0.25) is 0 Å². The van der Waals surface area contributed by atoms with E-state index in [1.807, 2.05) is 18.2 Å². The van der Waals surface area contributed by atoms with Gasteiger partial charge in [-0.25, -0.2) is 0 Å². The number of benzene rings is 2. The Balaban J connectivity index is 2.08. The van der Waals surface area contributed by atoms with Crippen molar-refractivity contribution in [2.24, 2.45) is 5.73 Å². The van der Waals surface area contributed by atoms with Gasteiger partial charge in [-0.05, 0) is 37.4 Å². The zero-order chi connectivity index (χ0) is 16.5. The molecule has 0 aliphatic rings. The molecule has 1 amide bonds. The van der Waals surface area contributed by atoms with E-state index in [1.54, 1.807) is 0 Å². The highest BCUT2D eigenvalue weighted by Gasteiger charge is 2.17. The summed E-state index contributed by atoms with van der Waals surface area (Å²) >= 11 is 0. The summed E-state index contributed by atoms with van der Waals surface area (Å²) in [6.07, 6.45) is 2.35. The molecule has 3 heteroatoms. The van der Waals surface area contributed by atoms with Gasteiger partial charge in [-0.1, -0.05) is 60.2 Å². The standard InChI is InChI=1S/C20H26N2O/c1-16-9-11-18(12-10-16)19(17-7-3-2-4-8-17)15-20(23)22-14-6-5-13-21/h2-4,7-12,19H,5-6,13-15,21H2,1H3,(H,22,23)/t19-/m1/s1. The van der Waals surface area contributed by atoms with Gasteiger partial charge in [-0.3, -0.25) is 4.79 Å². The second-order valence-corrected chi connectivity index (χ2v) is 5.92. The molecule has 0 bridgehead atoms. The smallest absolute Gasteiger partial charge is 0.220 e. The summed E-state index contributed by atoms with van der Waals surface area (Å²) in [4.78, 5) is 12.3. The Kier molecular flexibility index (Phi) is 6.82. The number of carbonyl (C=O) groups is 1. The molecule has 0 aliphatic carbocycles. The number of nitrogens with two attached hydrogens (primary N) is 1. The number of nitrogens with one attached hydrogen (secondary N) is 1. The number of hydrogen-bond donors (Lipinski definition) is 2. The molecule has 3 N–H and O–H groups in total. The fraction of sp³-hybridized carbons (Fsp3) is 0.350. The normalized spacial score (nSPS) is 11.9. The molecule has 0 spiro atoms. The van der Waals surface area contributed by atoms with Gasteiger partial charge in [0.25, 0.3) is 0 Å². The molecule has 122 valence electrons. The van der Waals surface area contributed by atoms with Crippen molar-refractivity contribution in [2.45, 2.75) is 32.1 Å². The highest BCUT2D eigenvalue weighted by atomic mass is 16.1. The summed E-state index contributed by atoms with van der Waals surface area (Å²) in [7, 11) is 0. The lowest BCUT2D eigenvalue weighted by Crippen LogP contribution is -2.26. The number of amides is 1. The predicted molar refractivity (Wildman–Crippen MR) is 95.4 cm³/mol. The highest BCUT2D eigenvalue weighted by Crippen LogP contribution is 2.28. The minimum Gasteiger partial charge on any atom is -0.356 e. The van der Waals surface area contributed by atoms with Gasteiger partial charge in [0, 0.05) is 18.9 Å². The summed E-state index contributed by atoms with van der Waals surface area (Å²) in [5, 5.41) is 3.00. The molecular weight excluding hydrogens is 284 g/mol. The van der Waals surface area contributed by atoms with E-state index in [1.165, 1.54) is 16.7 Å². The molecule has 0 aliphatic heterocycles. The van der Waals surface area contributed by atoms with E-state index in [0.29, 0.717) is 19.5 Å². The summed E-state index contributed by atoms with van der Waals surface area (Å²) in [6.45, 7) is 3.45. The number of unbranched alkanes of at least 4 members (excludes halogenated alkanes) is 1. The van der Waals surface area contributed by atoms with Crippen LogP contribution in [-0.4, -0.2) is 19.0 Å². The number of carbonyl (C=O) groups excluding carboxylic acids is 1. The third kappa shape index (κ3) is 5.53. The second kappa shape index (κ2) is 9.11. The van der Waals surface area contributed by atoms with Crippen LogP contribution in [0.1, 0.15) is 41.9 Å². The lowest BCUT2D eigenvalue weighted by atomic mass is 9.88. The van der Waals surface area contributed by atoms with Crippen LogP contribution in [0.5, 0.6) is 0 Å². The minimum atomic E-state index is 0.0892. The van der Waals surface area contributed by atoms with Gasteiger partial charge >= 0.3 is 0 Å². The van der Waals surface area contributed by atoms with E-state index in [2.05, 4.69) is 48.6 Å². The maximum Gasteiger partial charge on any atom is 0.220 e. The highest BCUT2D eigenvalue weighted by molar-refractivity contribution is 5.77. The van der Waals surface area contributed by atoms with Gasteiger partial charge in [0.1, 0.15) is 0 Å². The fourth-order valence-corrected chi connectivity index (χ4v) is 2.67. The van der Waals surface area contributed by atoms with Crippen molar-refractivity contribution in [3.63, 3.8) is 0 Å². The van der Waals surface area contributed by atoms with Crippen molar-refractivity contribution in [3.8, 4) is 0 Å². The summed E-state index contributed by atoms with van der Waals surface area (Å²) < 4.78 is 0. The Morgan fingerprint density at radius 3 is 2.30 bits per heavy atom. The molecule has 3 nitrogen and oxygen atoms in total. The lowest BCUT2D eigenvalue weighted by Gasteiger charge is -2.18. The summed E-state index contributed by atoms with van der Waals surface area (Å²) in [5.74, 6) is 0.183. The lowest BCUT2D eigenvalue weighted by molar-refractivity contribution is -0.121. The summed E-state index contributed by atoms with van der Waals surface area (Å²) in [6, 6.07) is 18.7. The Morgan fingerprint density at radius 1 is 1.00 bits per heavy atom. The Morgan fingerprint density at radius 2 is 1.65 bits per heavy atom. The van der Waals surface area contributed by atoms with E-state index in [4.69, 9.17) is 5.73 Å². The molecule has 0 unspecified atom stereocenters. The van der Waals surface area contributed by atoms with Crippen LogP contribution in [0.3, 0.4) is 0 Å². The van der Waals surface area contributed by atoms with E-state index in [9.17, 15) is 4.79 Å². The van der Waals surface area contributed by atoms with E-state index >= 15 is 0 Å². The van der Waals surface area contributed by atoms with Gasteiger partial charge < -0.3 is 11.1 Å². The van der Waals surface area contributed by atoms with Crippen LogP contribution in [0.25, 0.3) is 0 Å². The number of rotatable bonds is 8. The van der Waals surface area contributed by atoms with Gasteiger partial charge in [0.15, 0.2) is 0 Å². The third-order valence-electron chi connectivity index (χ3n) is 4.02. The average Bonchev–Trinajstić information content (AvgIpc) is 2.58. The fourth-order valence-electron chi connectivity index (χ4n) is 2.67. The van der Waals surface area contributed by atoms with Crippen LogP contribution in [0.15, 0.2) is 54.6 Å². The molecule has 0 saturated heterocycles. The molecule has 2 aromatic rings. The molecular formula is C20H26N2O. The molecule has 23 heavy (non-hydrogen) atoms. The molecule has 0 fully saturated rings. The molecule has 2 rings (SSSR count). The summed E-state index contributed by atoms with van der Waals surface area (Å²) in [5.41, 5.74) is 9.06. The third-order valence-corrected chi connectivity index (χ3v) is 4.02. The quantitative estimate of drug-likeness (QED) is 0.735. The Bertz CT molecular complexity index is 593. The maximum absolute atomic E-state index is 12.3. The molecule has 2 aromatic carbocycles. The zero-order valence-electron chi connectivity index (χ0n) is 13.8. The molecule has 0 saturated carbocycles. The van der Waals surface area contributed by atoms with Gasteiger partial charge in [0.2, 0.25) is 5.91 Å². The van der Waals surface area contributed by atoms with Crippen molar-refractivity contribution in [2.75, 3.05) is 13.1 Å². The van der Waals surface area contributed by atoms with Crippen LogP contribution >= 0.6 is 0 Å². The van der Waals surface area contributed by atoms with E-state index in [-0.39, 0.29) is 11.8 Å². The van der Waals surface area contributed by atoms with Crippen molar-refractivity contribution in [3.05, 3.63) is 71.3 Å². The predicted octanol–water partition coefficient (Wildman–Crippen LogP) is 3.37. The van der Waals surface area contributed by atoms with Crippen molar-refractivity contribution >= 4 is 5.91 Å². The van der Waals surface area contributed by atoms with E-state index < -0.39 is 0 Å². The number of hydrogen-bond acceptors (Lipinski definition) is 2. The SMILES string of the molecule is Cc1ccc([C@H](CC(=O)NCCCCN)c2ccccc2)cc1. The minimum absolute atomic E-state index is 0.0892. The van der Waals surface area contributed by atoms with Crippen molar-refractivity contribution < 1.29 is 4.79 Å². The van der Waals surface area contributed by atoms with Crippen LogP contribution in [0.4, 0.5) is 0 Å². The second-order valence-electron chi connectivity index (χ2n) is 5.92. The van der Waals surface area contributed by atoms with Gasteiger partial charge in [0.05, 0.1) is 0 Å². The zero-order valence-corrected chi connectivity index (χ0v) is 13.8. The van der Waals surface area contributed by atoms with Gasteiger partial charge in [-0.15, -0.1) is 0 Å². The first-order valence-corrected chi connectivity index (χ1v) is 8.29. The molecule has 1 atom stereocenters. The largest absolute Gasteiger partial charge is 0.356 e. The number of aryl methyl sites for hydroxylation is 1.